The van der Waals surface area contributed by atoms with Gasteiger partial charge in [0.15, 0.2) is 0 Å². The van der Waals surface area contributed by atoms with Gasteiger partial charge in [-0.05, 0) is 26.7 Å². The highest BCUT2D eigenvalue weighted by Crippen LogP contribution is 2.23. The van der Waals surface area contributed by atoms with Crippen LogP contribution in [-0.4, -0.2) is 25.4 Å². The fourth-order valence-electron chi connectivity index (χ4n) is 2.70. The zero-order chi connectivity index (χ0) is 13.2. The third-order valence-electron chi connectivity index (χ3n) is 3.74. The first-order valence-corrected chi connectivity index (χ1v) is 7.11. The Labute approximate surface area is 113 Å². The van der Waals surface area contributed by atoms with E-state index >= 15 is 0 Å². The standard InChI is InChI=1S/C14H21N5/c1-3-18-10-13(8-15-18)19-9-11(2)16-14(19)17-12-6-4-5-7-12/h8-10,12H,3-7H2,1-2H3,(H,16,17). The summed E-state index contributed by atoms with van der Waals surface area (Å²) >= 11 is 0. The predicted molar refractivity (Wildman–Crippen MR) is 75.6 cm³/mol. The van der Waals surface area contributed by atoms with Crippen LogP contribution in [0.15, 0.2) is 18.6 Å². The molecule has 0 unspecified atom stereocenters. The van der Waals surface area contributed by atoms with Gasteiger partial charge < -0.3 is 5.32 Å². The Morgan fingerprint density at radius 1 is 1.32 bits per heavy atom. The molecule has 0 radical (unpaired) electrons. The smallest absolute Gasteiger partial charge is 0.208 e. The molecule has 1 N–H and O–H groups in total. The molecule has 1 fully saturated rings. The summed E-state index contributed by atoms with van der Waals surface area (Å²) in [5.41, 5.74) is 2.10. The first kappa shape index (κ1) is 12.3. The molecule has 3 rings (SSSR count). The lowest BCUT2D eigenvalue weighted by atomic mass is 10.2. The van der Waals surface area contributed by atoms with E-state index in [2.05, 4.69) is 39.3 Å². The Balaban J connectivity index is 1.87. The first-order chi connectivity index (χ1) is 9.26. The van der Waals surface area contributed by atoms with Crippen LogP contribution in [0.4, 0.5) is 5.95 Å². The highest BCUT2D eigenvalue weighted by Gasteiger charge is 2.18. The summed E-state index contributed by atoms with van der Waals surface area (Å²) in [6.07, 6.45) is 11.2. The van der Waals surface area contributed by atoms with Crippen molar-refractivity contribution in [2.45, 2.75) is 52.1 Å². The Hall–Kier alpha value is -1.78. The quantitative estimate of drug-likeness (QED) is 0.918. The Kier molecular flexibility index (Phi) is 3.27. The van der Waals surface area contributed by atoms with Crippen LogP contribution in [0.2, 0.25) is 0 Å². The fraction of sp³-hybridized carbons (Fsp3) is 0.571. The summed E-state index contributed by atoms with van der Waals surface area (Å²) in [7, 11) is 0. The molecule has 0 amide bonds. The van der Waals surface area contributed by atoms with E-state index in [1.165, 1.54) is 25.7 Å². The summed E-state index contributed by atoms with van der Waals surface area (Å²) < 4.78 is 4.04. The van der Waals surface area contributed by atoms with Crippen molar-refractivity contribution < 1.29 is 0 Å². The lowest BCUT2D eigenvalue weighted by Gasteiger charge is -2.13. The van der Waals surface area contributed by atoms with E-state index in [0.717, 1.165) is 23.9 Å². The van der Waals surface area contributed by atoms with E-state index in [4.69, 9.17) is 0 Å². The molecule has 1 saturated carbocycles. The van der Waals surface area contributed by atoms with Gasteiger partial charge in [-0.3, -0.25) is 9.25 Å². The lowest BCUT2D eigenvalue weighted by molar-refractivity contribution is 0.659. The Bertz CT molecular complexity index is 548. The van der Waals surface area contributed by atoms with Crippen LogP contribution >= 0.6 is 0 Å². The summed E-state index contributed by atoms with van der Waals surface area (Å²) in [6, 6.07) is 0.571. The molecule has 0 saturated heterocycles. The number of imidazole rings is 1. The molecule has 0 bridgehead atoms. The Morgan fingerprint density at radius 2 is 2.11 bits per heavy atom. The van der Waals surface area contributed by atoms with Crippen molar-refractivity contribution >= 4 is 5.95 Å². The molecule has 2 aromatic rings. The van der Waals surface area contributed by atoms with Crippen LogP contribution in [0.3, 0.4) is 0 Å². The number of rotatable bonds is 4. The van der Waals surface area contributed by atoms with Gasteiger partial charge in [0.05, 0.1) is 17.6 Å². The third-order valence-corrected chi connectivity index (χ3v) is 3.74. The summed E-state index contributed by atoms with van der Waals surface area (Å²) in [4.78, 5) is 4.60. The van der Waals surface area contributed by atoms with E-state index in [-0.39, 0.29) is 0 Å². The molecular formula is C14H21N5. The zero-order valence-electron chi connectivity index (χ0n) is 11.6. The number of hydrogen-bond donors (Lipinski definition) is 1. The molecule has 0 atom stereocenters. The van der Waals surface area contributed by atoms with E-state index in [9.17, 15) is 0 Å². The van der Waals surface area contributed by atoms with Crippen molar-refractivity contribution in [3.05, 3.63) is 24.3 Å². The van der Waals surface area contributed by atoms with Crippen LogP contribution < -0.4 is 5.32 Å². The molecule has 19 heavy (non-hydrogen) atoms. The lowest BCUT2D eigenvalue weighted by Crippen LogP contribution is -2.17. The van der Waals surface area contributed by atoms with Gasteiger partial charge in [0.1, 0.15) is 0 Å². The van der Waals surface area contributed by atoms with Crippen LogP contribution in [0, 0.1) is 6.92 Å². The maximum atomic E-state index is 4.60. The van der Waals surface area contributed by atoms with Crippen LogP contribution in [0.1, 0.15) is 38.3 Å². The van der Waals surface area contributed by atoms with Gasteiger partial charge in [0.2, 0.25) is 5.95 Å². The first-order valence-electron chi connectivity index (χ1n) is 7.11. The number of anilines is 1. The SMILES string of the molecule is CCn1cc(-n2cc(C)nc2NC2CCCC2)cn1. The molecule has 2 aromatic heterocycles. The second-order valence-corrected chi connectivity index (χ2v) is 5.26. The molecule has 2 heterocycles. The molecule has 5 heteroatoms. The number of aryl methyl sites for hydroxylation is 2. The molecule has 5 nitrogen and oxygen atoms in total. The van der Waals surface area contributed by atoms with Gasteiger partial charge in [-0.2, -0.15) is 5.10 Å². The molecule has 0 aliphatic heterocycles. The van der Waals surface area contributed by atoms with Gasteiger partial charge >= 0.3 is 0 Å². The third kappa shape index (κ3) is 2.50. The maximum absolute atomic E-state index is 4.60. The van der Waals surface area contributed by atoms with Gasteiger partial charge in [0.25, 0.3) is 0 Å². The number of hydrogen-bond acceptors (Lipinski definition) is 3. The van der Waals surface area contributed by atoms with Gasteiger partial charge in [-0.1, -0.05) is 12.8 Å². The average Bonchev–Trinajstić information content (AvgIpc) is 3.10. The van der Waals surface area contributed by atoms with Crippen LogP contribution in [0.5, 0.6) is 0 Å². The number of aromatic nitrogens is 4. The number of nitrogens with one attached hydrogen (secondary N) is 1. The normalized spacial score (nSPS) is 16.1. The molecule has 0 aromatic carbocycles. The summed E-state index contributed by atoms with van der Waals surface area (Å²) in [5, 5.41) is 7.90. The fourth-order valence-corrected chi connectivity index (χ4v) is 2.70. The highest BCUT2D eigenvalue weighted by atomic mass is 15.3. The molecule has 1 aliphatic carbocycles. The van der Waals surface area contributed by atoms with Gasteiger partial charge in [0, 0.05) is 25.0 Å². The predicted octanol–water partition coefficient (Wildman–Crippen LogP) is 2.75. The van der Waals surface area contributed by atoms with Crippen molar-refractivity contribution in [3.63, 3.8) is 0 Å². The van der Waals surface area contributed by atoms with E-state index in [1.54, 1.807) is 0 Å². The summed E-state index contributed by atoms with van der Waals surface area (Å²) in [6.45, 7) is 5.01. The molecule has 102 valence electrons. The van der Waals surface area contributed by atoms with E-state index in [1.807, 2.05) is 17.8 Å². The number of nitrogens with zero attached hydrogens (tertiary/aromatic N) is 4. The minimum Gasteiger partial charge on any atom is -0.353 e. The molecule has 1 aliphatic rings. The highest BCUT2D eigenvalue weighted by molar-refractivity contribution is 5.41. The largest absolute Gasteiger partial charge is 0.353 e. The minimum absolute atomic E-state index is 0.571. The summed E-state index contributed by atoms with van der Waals surface area (Å²) in [5.74, 6) is 0.944. The van der Waals surface area contributed by atoms with Crippen molar-refractivity contribution in [3.8, 4) is 5.69 Å². The van der Waals surface area contributed by atoms with Crippen molar-refractivity contribution in [2.24, 2.45) is 0 Å². The zero-order valence-corrected chi connectivity index (χ0v) is 11.6. The molecular weight excluding hydrogens is 238 g/mol. The van der Waals surface area contributed by atoms with Crippen LogP contribution in [0.25, 0.3) is 5.69 Å². The van der Waals surface area contributed by atoms with Crippen LogP contribution in [-0.2, 0) is 6.54 Å². The minimum atomic E-state index is 0.571. The van der Waals surface area contributed by atoms with Crippen molar-refractivity contribution in [1.29, 1.82) is 0 Å². The molecule has 0 spiro atoms. The topological polar surface area (TPSA) is 47.7 Å². The average molecular weight is 259 g/mol. The second-order valence-electron chi connectivity index (χ2n) is 5.26. The van der Waals surface area contributed by atoms with Crippen molar-refractivity contribution in [2.75, 3.05) is 5.32 Å². The monoisotopic (exact) mass is 259 g/mol. The van der Waals surface area contributed by atoms with E-state index in [0.29, 0.717) is 6.04 Å². The second kappa shape index (κ2) is 5.07. The Morgan fingerprint density at radius 3 is 2.79 bits per heavy atom. The van der Waals surface area contributed by atoms with Gasteiger partial charge in [-0.15, -0.1) is 0 Å². The van der Waals surface area contributed by atoms with E-state index < -0.39 is 0 Å². The van der Waals surface area contributed by atoms with Crippen molar-refractivity contribution in [1.82, 2.24) is 19.3 Å². The van der Waals surface area contributed by atoms with Gasteiger partial charge in [-0.25, -0.2) is 4.98 Å². The maximum Gasteiger partial charge on any atom is 0.208 e.